The number of nitrogens with zero attached hydrogens (tertiary/aromatic N) is 5. The van der Waals surface area contributed by atoms with E-state index in [1.54, 1.807) is 18.0 Å². The summed E-state index contributed by atoms with van der Waals surface area (Å²) in [6.45, 7) is 1.70. The van der Waals surface area contributed by atoms with Gasteiger partial charge in [0.25, 0.3) is 0 Å². The van der Waals surface area contributed by atoms with Gasteiger partial charge in [-0.3, -0.25) is 4.79 Å². The molecule has 6 nitrogen and oxygen atoms in total. The second kappa shape index (κ2) is 4.78. The summed E-state index contributed by atoms with van der Waals surface area (Å²) in [6, 6.07) is 3.68. The van der Waals surface area contributed by atoms with Gasteiger partial charge in [-0.15, -0.1) is 5.10 Å². The molecule has 0 radical (unpaired) electrons. The van der Waals surface area contributed by atoms with E-state index in [-0.39, 0.29) is 12.5 Å². The molecule has 6 heteroatoms. The molecule has 0 spiro atoms. The van der Waals surface area contributed by atoms with E-state index in [1.165, 1.54) is 6.20 Å². The Balaban J connectivity index is 2.27. The zero-order chi connectivity index (χ0) is 12.3. The van der Waals surface area contributed by atoms with Gasteiger partial charge < -0.3 is 9.80 Å². The van der Waals surface area contributed by atoms with E-state index in [2.05, 4.69) is 16.3 Å². The second-order valence-electron chi connectivity index (χ2n) is 3.97. The molecule has 0 aliphatic carbocycles. The Morgan fingerprint density at radius 2 is 2.29 bits per heavy atom. The number of hydrogen-bond acceptors (Lipinski definition) is 5. The van der Waals surface area contributed by atoms with Gasteiger partial charge >= 0.3 is 0 Å². The van der Waals surface area contributed by atoms with Crippen LogP contribution in [0, 0.1) is 11.3 Å². The van der Waals surface area contributed by atoms with Crippen molar-refractivity contribution in [1.82, 2.24) is 15.1 Å². The van der Waals surface area contributed by atoms with Gasteiger partial charge in [0.15, 0.2) is 5.82 Å². The number of anilines is 1. The summed E-state index contributed by atoms with van der Waals surface area (Å²) < 4.78 is 0. The summed E-state index contributed by atoms with van der Waals surface area (Å²) in [5.74, 6) is 0.538. The van der Waals surface area contributed by atoms with Gasteiger partial charge in [-0.05, 0) is 12.5 Å². The molecule has 1 fully saturated rings. The number of carbonyl (C=O) groups excluding carboxylic acids is 1. The average Bonchev–Trinajstić information content (AvgIpc) is 2.52. The van der Waals surface area contributed by atoms with Crippen LogP contribution in [-0.2, 0) is 4.79 Å². The number of nitriles is 1. The fourth-order valence-electron chi connectivity index (χ4n) is 1.81. The lowest BCUT2D eigenvalue weighted by Gasteiger charge is -2.20. The molecule has 1 aliphatic rings. The zero-order valence-corrected chi connectivity index (χ0v) is 9.63. The summed E-state index contributed by atoms with van der Waals surface area (Å²) in [5.41, 5.74) is 0.456. The number of amides is 1. The van der Waals surface area contributed by atoms with E-state index in [1.807, 2.05) is 4.90 Å². The lowest BCUT2D eigenvalue weighted by atomic mass is 10.2. The van der Waals surface area contributed by atoms with Crippen LogP contribution in [0.3, 0.4) is 0 Å². The van der Waals surface area contributed by atoms with Gasteiger partial charge in [0.05, 0.1) is 18.3 Å². The number of carbonyl (C=O) groups is 1. The normalized spacial score (nSPS) is 16.6. The molecule has 0 saturated carbocycles. The van der Waals surface area contributed by atoms with Crippen LogP contribution in [0.25, 0.3) is 0 Å². The molecule has 0 bridgehead atoms. The Kier molecular flexibility index (Phi) is 3.19. The van der Waals surface area contributed by atoms with Crippen LogP contribution in [0.15, 0.2) is 12.3 Å². The first kappa shape index (κ1) is 11.3. The minimum Gasteiger partial charge on any atom is -0.345 e. The minimum absolute atomic E-state index is 0.0389. The van der Waals surface area contributed by atoms with E-state index >= 15 is 0 Å². The molecule has 0 aromatic carbocycles. The van der Waals surface area contributed by atoms with Crippen molar-refractivity contribution in [2.75, 3.05) is 31.6 Å². The Bertz CT molecular complexity index is 467. The summed E-state index contributed by atoms with van der Waals surface area (Å²) in [5, 5.41) is 16.7. The molecule has 88 valence electrons. The van der Waals surface area contributed by atoms with Crippen molar-refractivity contribution in [3.63, 3.8) is 0 Å². The monoisotopic (exact) mass is 231 g/mol. The number of aromatic nitrogens is 2. The van der Waals surface area contributed by atoms with Crippen molar-refractivity contribution in [3.05, 3.63) is 17.8 Å². The number of hydrogen-bond donors (Lipinski definition) is 0. The van der Waals surface area contributed by atoms with Crippen molar-refractivity contribution in [2.24, 2.45) is 0 Å². The molecule has 1 aromatic heterocycles. The molecular formula is C11H13N5O. The van der Waals surface area contributed by atoms with Crippen LogP contribution in [0.4, 0.5) is 5.82 Å². The molecular weight excluding hydrogens is 218 g/mol. The van der Waals surface area contributed by atoms with Crippen molar-refractivity contribution in [3.8, 4) is 6.07 Å². The predicted octanol–water partition coefficient (Wildman–Crippen LogP) is 0.0168. The van der Waals surface area contributed by atoms with Crippen LogP contribution in [-0.4, -0.2) is 47.7 Å². The SMILES string of the molecule is CN1CCCN(c2nnccc2C#N)CC1=O. The lowest BCUT2D eigenvalue weighted by molar-refractivity contribution is -0.127. The predicted molar refractivity (Wildman–Crippen MR) is 61.2 cm³/mol. The Morgan fingerprint density at radius 3 is 3.06 bits per heavy atom. The average molecular weight is 231 g/mol. The van der Waals surface area contributed by atoms with Gasteiger partial charge in [-0.2, -0.15) is 10.4 Å². The quantitative estimate of drug-likeness (QED) is 0.681. The fraction of sp³-hybridized carbons (Fsp3) is 0.455. The highest BCUT2D eigenvalue weighted by Gasteiger charge is 2.21. The smallest absolute Gasteiger partial charge is 0.241 e. The van der Waals surface area contributed by atoms with Crippen molar-refractivity contribution in [2.45, 2.75) is 6.42 Å². The van der Waals surface area contributed by atoms with Crippen LogP contribution >= 0.6 is 0 Å². The molecule has 0 atom stereocenters. The minimum atomic E-state index is 0.0389. The third-order valence-corrected chi connectivity index (χ3v) is 2.79. The summed E-state index contributed by atoms with van der Waals surface area (Å²) in [6.07, 6.45) is 2.34. The first-order chi connectivity index (χ1) is 8.22. The Morgan fingerprint density at radius 1 is 1.47 bits per heavy atom. The molecule has 1 aliphatic heterocycles. The fourth-order valence-corrected chi connectivity index (χ4v) is 1.81. The molecule has 0 unspecified atom stereocenters. The third kappa shape index (κ3) is 2.33. The van der Waals surface area contributed by atoms with Gasteiger partial charge in [-0.1, -0.05) is 0 Å². The summed E-state index contributed by atoms with van der Waals surface area (Å²) >= 11 is 0. The first-order valence-corrected chi connectivity index (χ1v) is 5.43. The van der Waals surface area contributed by atoms with Crippen molar-refractivity contribution in [1.29, 1.82) is 5.26 Å². The molecule has 0 N–H and O–H groups in total. The van der Waals surface area contributed by atoms with E-state index in [4.69, 9.17) is 5.26 Å². The van der Waals surface area contributed by atoms with Gasteiger partial charge in [0.2, 0.25) is 5.91 Å². The number of likely N-dealkylation sites (N-methyl/N-ethyl adjacent to an activating group) is 1. The Labute approximate surface area is 99.5 Å². The first-order valence-electron chi connectivity index (χ1n) is 5.43. The van der Waals surface area contributed by atoms with Crippen LogP contribution < -0.4 is 4.90 Å². The molecule has 1 saturated heterocycles. The highest BCUT2D eigenvalue weighted by atomic mass is 16.2. The van der Waals surface area contributed by atoms with E-state index in [0.29, 0.717) is 17.9 Å². The second-order valence-corrected chi connectivity index (χ2v) is 3.97. The number of rotatable bonds is 1. The van der Waals surface area contributed by atoms with Crippen LogP contribution in [0.1, 0.15) is 12.0 Å². The van der Waals surface area contributed by atoms with E-state index in [0.717, 1.165) is 13.0 Å². The van der Waals surface area contributed by atoms with E-state index in [9.17, 15) is 4.79 Å². The molecule has 17 heavy (non-hydrogen) atoms. The maximum Gasteiger partial charge on any atom is 0.241 e. The standard InChI is InChI=1S/C11H13N5O/c1-15-5-2-6-16(8-10(15)17)11-9(7-12)3-4-13-14-11/h3-4H,2,5-6,8H2,1H3. The summed E-state index contributed by atoms with van der Waals surface area (Å²) in [4.78, 5) is 15.3. The van der Waals surface area contributed by atoms with Gasteiger partial charge in [0, 0.05) is 20.1 Å². The molecule has 2 heterocycles. The van der Waals surface area contributed by atoms with Crippen molar-refractivity contribution >= 4 is 11.7 Å². The maximum atomic E-state index is 11.8. The maximum absolute atomic E-state index is 11.8. The van der Waals surface area contributed by atoms with E-state index < -0.39 is 0 Å². The molecule has 2 rings (SSSR count). The topological polar surface area (TPSA) is 73.1 Å². The highest BCUT2D eigenvalue weighted by Crippen LogP contribution is 2.17. The van der Waals surface area contributed by atoms with Gasteiger partial charge in [0.1, 0.15) is 6.07 Å². The lowest BCUT2D eigenvalue weighted by Crippen LogP contribution is -2.35. The molecule has 1 amide bonds. The van der Waals surface area contributed by atoms with Crippen molar-refractivity contribution < 1.29 is 4.79 Å². The molecule has 1 aromatic rings. The largest absolute Gasteiger partial charge is 0.345 e. The Hall–Kier alpha value is -2.16. The van der Waals surface area contributed by atoms with Crippen LogP contribution in [0.5, 0.6) is 0 Å². The van der Waals surface area contributed by atoms with Crippen LogP contribution in [0.2, 0.25) is 0 Å². The third-order valence-electron chi connectivity index (χ3n) is 2.79. The summed E-state index contributed by atoms with van der Waals surface area (Å²) in [7, 11) is 1.79. The highest BCUT2D eigenvalue weighted by molar-refractivity contribution is 5.81. The zero-order valence-electron chi connectivity index (χ0n) is 9.63. The van der Waals surface area contributed by atoms with Gasteiger partial charge in [-0.25, -0.2) is 0 Å².